The molecule has 0 N–H and O–H groups in total. The highest BCUT2D eigenvalue weighted by atomic mass is 16.6. The van der Waals surface area contributed by atoms with Crippen LogP contribution in [0.15, 0.2) is 0 Å². The van der Waals surface area contributed by atoms with E-state index < -0.39 is 5.97 Å². The molecule has 21 heavy (non-hydrogen) atoms. The third-order valence-electron chi connectivity index (χ3n) is 4.40. The second-order valence-electron chi connectivity index (χ2n) is 6.45. The third kappa shape index (κ3) is 10.8. The van der Waals surface area contributed by atoms with Crippen LogP contribution in [0.3, 0.4) is 0 Å². The molecule has 3 nitrogen and oxygen atoms in total. The molecule has 0 saturated carbocycles. The molecule has 0 radical (unpaired) electrons. The van der Waals surface area contributed by atoms with Gasteiger partial charge in [0.15, 0.2) is 0 Å². The minimum atomic E-state index is -0.918. The molecule has 3 heteroatoms. The average Bonchev–Trinajstić information content (AvgIpc) is 3.20. The molecular formula is C18H33O3-. The molecule has 1 saturated heterocycles. The molecule has 1 rings (SSSR count). The van der Waals surface area contributed by atoms with Crippen LogP contribution in [-0.4, -0.2) is 18.2 Å². The van der Waals surface area contributed by atoms with Crippen molar-refractivity contribution in [3.63, 3.8) is 0 Å². The summed E-state index contributed by atoms with van der Waals surface area (Å²) in [6.45, 7) is 2.26. The fraction of sp³-hybridized carbons (Fsp3) is 0.944. The standard InChI is InChI=1S/C18H34O3/c1-2-3-4-5-7-10-13-16-17(21-16)14-11-8-6-9-12-15-18(19)20/h16-17H,2-15H2,1H3,(H,19,20)/p-1/t16-,17+/m1/s1. The van der Waals surface area contributed by atoms with Gasteiger partial charge in [-0.1, -0.05) is 71.1 Å². The molecule has 1 fully saturated rings. The number of carboxylic acid groups (broad SMARTS) is 1. The Bertz CT molecular complexity index is 265. The van der Waals surface area contributed by atoms with Crippen LogP contribution in [0.2, 0.25) is 0 Å². The van der Waals surface area contributed by atoms with Gasteiger partial charge in [-0.05, 0) is 25.7 Å². The van der Waals surface area contributed by atoms with Crippen molar-refractivity contribution in [2.75, 3.05) is 0 Å². The van der Waals surface area contributed by atoms with Crippen LogP contribution in [-0.2, 0) is 9.53 Å². The van der Waals surface area contributed by atoms with Gasteiger partial charge in [-0.25, -0.2) is 0 Å². The summed E-state index contributed by atoms with van der Waals surface area (Å²) >= 11 is 0. The van der Waals surface area contributed by atoms with E-state index in [4.69, 9.17) is 4.74 Å². The first-order chi connectivity index (χ1) is 10.2. The molecule has 1 heterocycles. The highest BCUT2D eigenvalue weighted by Gasteiger charge is 2.36. The van der Waals surface area contributed by atoms with Crippen molar-refractivity contribution >= 4 is 5.97 Å². The van der Waals surface area contributed by atoms with E-state index >= 15 is 0 Å². The van der Waals surface area contributed by atoms with Crippen molar-refractivity contribution in [1.82, 2.24) is 0 Å². The van der Waals surface area contributed by atoms with Crippen LogP contribution in [0, 0.1) is 0 Å². The summed E-state index contributed by atoms with van der Waals surface area (Å²) in [7, 11) is 0. The zero-order valence-corrected chi connectivity index (χ0v) is 13.8. The molecule has 1 aliphatic rings. The Morgan fingerprint density at radius 3 is 1.81 bits per heavy atom. The normalized spacial score (nSPS) is 20.6. The maximum atomic E-state index is 10.3. The van der Waals surface area contributed by atoms with Crippen molar-refractivity contribution in [1.29, 1.82) is 0 Å². The second-order valence-corrected chi connectivity index (χ2v) is 6.45. The van der Waals surface area contributed by atoms with E-state index in [2.05, 4.69) is 6.92 Å². The summed E-state index contributed by atoms with van der Waals surface area (Å²) in [6, 6.07) is 0. The second kappa shape index (κ2) is 12.0. The Balaban J connectivity index is 1.77. The topological polar surface area (TPSA) is 52.7 Å². The van der Waals surface area contributed by atoms with Crippen LogP contribution in [0.4, 0.5) is 0 Å². The number of unbranched alkanes of at least 4 members (excludes halogenated alkanes) is 9. The maximum Gasteiger partial charge on any atom is 0.0841 e. The minimum absolute atomic E-state index is 0.214. The number of hydrogen-bond donors (Lipinski definition) is 0. The first kappa shape index (κ1) is 18.5. The van der Waals surface area contributed by atoms with Crippen LogP contribution < -0.4 is 5.11 Å². The van der Waals surface area contributed by atoms with Crippen molar-refractivity contribution in [3.8, 4) is 0 Å². The number of ether oxygens (including phenoxy) is 1. The minimum Gasteiger partial charge on any atom is -0.550 e. The van der Waals surface area contributed by atoms with Gasteiger partial charge in [0.1, 0.15) is 0 Å². The molecule has 2 atom stereocenters. The average molecular weight is 297 g/mol. The molecule has 0 spiro atoms. The lowest BCUT2D eigenvalue weighted by atomic mass is 10.0. The van der Waals surface area contributed by atoms with E-state index in [0.717, 1.165) is 19.3 Å². The van der Waals surface area contributed by atoms with E-state index in [1.165, 1.54) is 64.2 Å². The number of hydrogen-bond acceptors (Lipinski definition) is 3. The van der Waals surface area contributed by atoms with Gasteiger partial charge in [-0.2, -0.15) is 0 Å². The highest BCUT2D eigenvalue weighted by Crippen LogP contribution is 2.31. The van der Waals surface area contributed by atoms with Gasteiger partial charge in [0, 0.05) is 5.97 Å². The lowest BCUT2D eigenvalue weighted by Crippen LogP contribution is -2.21. The zero-order chi connectivity index (χ0) is 15.3. The molecule has 0 aromatic carbocycles. The first-order valence-corrected chi connectivity index (χ1v) is 9.09. The largest absolute Gasteiger partial charge is 0.550 e. The number of carbonyl (C=O) groups is 1. The Kier molecular flexibility index (Phi) is 10.6. The smallest absolute Gasteiger partial charge is 0.0841 e. The van der Waals surface area contributed by atoms with Gasteiger partial charge in [0.25, 0.3) is 0 Å². The summed E-state index contributed by atoms with van der Waals surface area (Å²) in [5, 5.41) is 10.3. The van der Waals surface area contributed by atoms with E-state index in [1.807, 2.05) is 0 Å². The summed E-state index contributed by atoms with van der Waals surface area (Å²) < 4.78 is 5.72. The van der Waals surface area contributed by atoms with Gasteiger partial charge in [0.05, 0.1) is 12.2 Å². The van der Waals surface area contributed by atoms with Crippen molar-refractivity contribution in [2.45, 2.75) is 109 Å². The summed E-state index contributed by atoms with van der Waals surface area (Å²) in [5.74, 6) is -0.918. The number of carbonyl (C=O) groups excluding carboxylic acids is 1. The zero-order valence-electron chi connectivity index (χ0n) is 13.8. The molecule has 0 aromatic heterocycles. The van der Waals surface area contributed by atoms with Crippen LogP contribution in [0.5, 0.6) is 0 Å². The Hall–Kier alpha value is -0.570. The molecule has 1 aliphatic heterocycles. The van der Waals surface area contributed by atoms with Gasteiger partial charge in [0.2, 0.25) is 0 Å². The number of rotatable bonds is 15. The molecule has 0 aliphatic carbocycles. The van der Waals surface area contributed by atoms with E-state index in [0.29, 0.717) is 12.2 Å². The Labute approximate surface area is 130 Å². The fourth-order valence-corrected chi connectivity index (χ4v) is 2.96. The SMILES string of the molecule is CCCCCCCC[C@H]1O[C@H]1CCCCCCCC(=O)[O-]. The number of aliphatic carboxylic acids is 1. The number of carboxylic acids is 1. The van der Waals surface area contributed by atoms with Crippen molar-refractivity contribution in [2.24, 2.45) is 0 Å². The van der Waals surface area contributed by atoms with Crippen LogP contribution in [0.1, 0.15) is 96.8 Å². The molecule has 124 valence electrons. The molecule has 0 bridgehead atoms. The summed E-state index contributed by atoms with van der Waals surface area (Å²) in [5.41, 5.74) is 0. The lowest BCUT2D eigenvalue weighted by molar-refractivity contribution is -0.305. The van der Waals surface area contributed by atoms with E-state index in [9.17, 15) is 9.90 Å². The Morgan fingerprint density at radius 1 is 0.810 bits per heavy atom. The maximum absolute atomic E-state index is 10.3. The summed E-state index contributed by atoms with van der Waals surface area (Å²) in [6.07, 6.45) is 17.3. The van der Waals surface area contributed by atoms with Crippen molar-refractivity contribution < 1.29 is 14.6 Å². The summed E-state index contributed by atoms with van der Waals surface area (Å²) in [4.78, 5) is 10.3. The quantitative estimate of drug-likeness (QED) is 0.339. The number of epoxide rings is 1. The fourth-order valence-electron chi connectivity index (χ4n) is 2.96. The monoisotopic (exact) mass is 297 g/mol. The predicted molar refractivity (Wildman–Crippen MR) is 84.0 cm³/mol. The van der Waals surface area contributed by atoms with Gasteiger partial charge in [-0.3, -0.25) is 0 Å². The van der Waals surface area contributed by atoms with E-state index in [-0.39, 0.29) is 6.42 Å². The lowest BCUT2D eigenvalue weighted by Gasteiger charge is -2.02. The molecular weight excluding hydrogens is 264 g/mol. The highest BCUT2D eigenvalue weighted by molar-refractivity contribution is 5.63. The Morgan fingerprint density at radius 2 is 1.29 bits per heavy atom. The molecule has 0 unspecified atom stereocenters. The predicted octanol–water partition coefficient (Wildman–Crippen LogP) is 3.99. The van der Waals surface area contributed by atoms with Gasteiger partial charge >= 0.3 is 0 Å². The first-order valence-electron chi connectivity index (χ1n) is 9.09. The van der Waals surface area contributed by atoms with Gasteiger partial charge < -0.3 is 14.6 Å². The van der Waals surface area contributed by atoms with Crippen LogP contribution in [0.25, 0.3) is 0 Å². The molecule has 0 amide bonds. The van der Waals surface area contributed by atoms with Crippen molar-refractivity contribution in [3.05, 3.63) is 0 Å². The third-order valence-corrected chi connectivity index (χ3v) is 4.40. The van der Waals surface area contributed by atoms with Gasteiger partial charge in [-0.15, -0.1) is 0 Å². The van der Waals surface area contributed by atoms with Crippen LogP contribution >= 0.6 is 0 Å². The van der Waals surface area contributed by atoms with E-state index in [1.54, 1.807) is 0 Å². The molecule has 0 aromatic rings.